The summed E-state index contributed by atoms with van der Waals surface area (Å²) >= 11 is 0. The van der Waals surface area contributed by atoms with E-state index in [1.165, 1.54) is 17.3 Å². The molecular formula is C20H22N2O5S. The minimum atomic E-state index is -3.44. The first-order chi connectivity index (χ1) is 13.4. The van der Waals surface area contributed by atoms with Crippen molar-refractivity contribution in [2.24, 2.45) is 0 Å². The molecule has 1 saturated heterocycles. The molecule has 1 aliphatic heterocycles. The van der Waals surface area contributed by atoms with Gasteiger partial charge in [0.15, 0.2) is 0 Å². The number of nitrogens with one attached hydrogen (secondary N) is 1. The summed E-state index contributed by atoms with van der Waals surface area (Å²) in [5, 5.41) is 2.77. The number of amides is 1. The largest absolute Gasteiger partial charge is 0.427 e. The lowest BCUT2D eigenvalue weighted by molar-refractivity contribution is -0.131. The third kappa shape index (κ3) is 4.76. The van der Waals surface area contributed by atoms with Gasteiger partial charge in [0.05, 0.1) is 4.90 Å². The third-order valence-corrected chi connectivity index (χ3v) is 6.35. The highest BCUT2D eigenvalue weighted by Gasteiger charge is 2.26. The standard InChI is InChI=1S/C20H22N2O5S/c1-15(23)27-18-6-4-5-17(13-18)20(24)21-14-16-7-9-19(10-8-16)28(25,26)22-11-2-3-12-22/h4-10,13H,2-3,11-12,14H2,1H3,(H,21,24). The van der Waals surface area contributed by atoms with E-state index in [-0.39, 0.29) is 17.3 Å². The first-order valence-electron chi connectivity index (χ1n) is 9.02. The summed E-state index contributed by atoms with van der Waals surface area (Å²) in [6.07, 6.45) is 1.78. The van der Waals surface area contributed by atoms with Crippen molar-refractivity contribution < 1.29 is 22.7 Å². The predicted octanol–water partition coefficient (Wildman–Crippen LogP) is 2.33. The average molecular weight is 402 g/mol. The molecule has 3 rings (SSSR count). The Morgan fingerprint density at radius 2 is 1.75 bits per heavy atom. The van der Waals surface area contributed by atoms with Crippen molar-refractivity contribution in [2.45, 2.75) is 31.2 Å². The van der Waals surface area contributed by atoms with Crippen LogP contribution in [0.4, 0.5) is 0 Å². The van der Waals surface area contributed by atoms with Gasteiger partial charge in [-0.3, -0.25) is 9.59 Å². The molecule has 2 aromatic carbocycles. The number of hydrogen-bond acceptors (Lipinski definition) is 5. The number of esters is 1. The fourth-order valence-corrected chi connectivity index (χ4v) is 4.53. The van der Waals surface area contributed by atoms with Crippen molar-refractivity contribution in [1.29, 1.82) is 0 Å². The second-order valence-corrected chi connectivity index (χ2v) is 8.50. The van der Waals surface area contributed by atoms with Crippen LogP contribution < -0.4 is 10.1 Å². The van der Waals surface area contributed by atoms with Crippen molar-refractivity contribution in [3.8, 4) is 5.75 Å². The summed E-state index contributed by atoms with van der Waals surface area (Å²) in [5.74, 6) is -0.471. The number of nitrogens with zero attached hydrogens (tertiary/aromatic N) is 1. The van der Waals surface area contributed by atoms with Crippen LogP contribution in [0, 0.1) is 0 Å². The van der Waals surface area contributed by atoms with Gasteiger partial charge >= 0.3 is 5.97 Å². The lowest BCUT2D eigenvalue weighted by atomic mass is 10.2. The van der Waals surface area contributed by atoms with E-state index in [0.717, 1.165) is 18.4 Å². The van der Waals surface area contributed by atoms with Crippen LogP contribution in [0.3, 0.4) is 0 Å². The normalized spacial score (nSPS) is 14.6. The Hall–Kier alpha value is -2.71. The Kier molecular flexibility index (Phi) is 6.11. The van der Waals surface area contributed by atoms with E-state index in [2.05, 4.69) is 5.32 Å². The first kappa shape index (κ1) is 20.0. The summed E-state index contributed by atoms with van der Waals surface area (Å²) in [6.45, 7) is 2.67. The second kappa shape index (κ2) is 8.53. The van der Waals surface area contributed by atoms with Gasteiger partial charge in [0.1, 0.15) is 5.75 Å². The van der Waals surface area contributed by atoms with E-state index in [4.69, 9.17) is 4.74 Å². The molecule has 148 valence electrons. The second-order valence-electron chi connectivity index (χ2n) is 6.56. The van der Waals surface area contributed by atoms with Gasteiger partial charge in [-0.15, -0.1) is 0 Å². The van der Waals surface area contributed by atoms with Crippen LogP contribution in [0.1, 0.15) is 35.7 Å². The Balaban J connectivity index is 1.62. The predicted molar refractivity (Wildman–Crippen MR) is 103 cm³/mol. The fourth-order valence-electron chi connectivity index (χ4n) is 3.01. The fraction of sp³-hybridized carbons (Fsp3) is 0.300. The zero-order valence-electron chi connectivity index (χ0n) is 15.6. The first-order valence-corrected chi connectivity index (χ1v) is 10.5. The minimum Gasteiger partial charge on any atom is -0.427 e. The number of hydrogen-bond donors (Lipinski definition) is 1. The SMILES string of the molecule is CC(=O)Oc1cccc(C(=O)NCc2ccc(S(=O)(=O)N3CCCC3)cc2)c1. The number of rotatable bonds is 6. The summed E-state index contributed by atoms with van der Waals surface area (Å²) in [5.41, 5.74) is 1.15. The zero-order chi connectivity index (χ0) is 20.1. The van der Waals surface area contributed by atoms with E-state index in [0.29, 0.717) is 24.4 Å². The summed E-state index contributed by atoms with van der Waals surface area (Å²) in [4.78, 5) is 23.6. The van der Waals surface area contributed by atoms with Crippen molar-refractivity contribution in [3.63, 3.8) is 0 Å². The molecule has 0 spiro atoms. The molecule has 1 N–H and O–H groups in total. The van der Waals surface area contributed by atoms with Crippen molar-refractivity contribution in [2.75, 3.05) is 13.1 Å². The van der Waals surface area contributed by atoms with E-state index in [1.54, 1.807) is 42.5 Å². The van der Waals surface area contributed by atoms with E-state index < -0.39 is 16.0 Å². The quantitative estimate of drug-likeness (QED) is 0.591. The molecule has 28 heavy (non-hydrogen) atoms. The Labute approximate surface area is 164 Å². The van der Waals surface area contributed by atoms with E-state index in [1.807, 2.05) is 0 Å². The summed E-state index contributed by atoms with van der Waals surface area (Å²) in [7, 11) is -3.44. The zero-order valence-corrected chi connectivity index (χ0v) is 16.4. The van der Waals surface area contributed by atoms with Gasteiger partial charge in [0.2, 0.25) is 10.0 Å². The molecule has 8 heteroatoms. The molecule has 0 radical (unpaired) electrons. The Morgan fingerprint density at radius 3 is 2.39 bits per heavy atom. The number of ether oxygens (including phenoxy) is 1. The van der Waals surface area contributed by atoms with Crippen LogP contribution in [-0.4, -0.2) is 37.7 Å². The van der Waals surface area contributed by atoms with Gasteiger partial charge in [0, 0.05) is 32.1 Å². The highest BCUT2D eigenvalue weighted by atomic mass is 32.2. The Morgan fingerprint density at radius 1 is 1.07 bits per heavy atom. The van der Waals surface area contributed by atoms with Crippen molar-refractivity contribution in [3.05, 3.63) is 59.7 Å². The molecule has 0 aliphatic carbocycles. The molecular weight excluding hydrogens is 380 g/mol. The molecule has 0 atom stereocenters. The summed E-state index contributed by atoms with van der Waals surface area (Å²) in [6, 6.07) is 12.9. The number of carbonyl (C=O) groups excluding carboxylic acids is 2. The molecule has 1 fully saturated rings. The highest BCUT2D eigenvalue weighted by Crippen LogP contribution is 2.21. The van der Waals surface area contributed by atoms with Gasteiger partial charge in [0.25, 0.3) is 5.91 Å². The third-order valence-electron chi connectivity index (χ3n) is 4.44. The van der Waals surface area contributed by atoms with Gasteiger partial charge in [-0.25, -0.2) is 8.42 Å². The lowest BCUT2D eigenvalue weighted by Gasteiger charge is -2.15. The molecule has 1 aliphatic rings. The Bertz CT molecular complexity index is 964. The average Bonchev–Trinajstić information content (AvgIpc) is 3.22. The molecule has 7 nitrogen and oxygen atoms in total. The molecule has 1 heterocycles. The molecule has 0 aromatic heterocycles. The molecule has 0 saturated carbocycles. The maximum Gasteiger partial charge on any atom is 0.308 e. The van der Waals surface area contributed by atoms with E-state index in [9.17, 15) is 18.0 Å². The van der Waals surface area contributed by atoms with Crippen LogP contribution in [0.25, 0.3) is 0 Å². The molecule has 0 bridgehead atoms. The molecule has 2 aromatic rings. The van der Waals surface area contributed by atoms with E-state index >= 15 is 0 Å². The van der Waals surface area contributed by atoms with Gasteiger partial charge < -0.3 is 10.1 Å². The van der Waals surface area contributed by atoms with Crippen LogP contribution >= 0.6 is 0 Å². The maximum atomic E-state index is 12.5. The van der Waals surface area contributed by atoms with Crippen LogP contribution in [-0.2, 0) is 21.4 Å². The minimum absolute atomic E-state index is 0.251. The molecule has 0 unspecified atom stereocenters. The molecule has 1 amide bonds. The van der Waals surface area contributed by atoms with Gasteiger partial charge in [-0.05, 0) is 48.7 Å². The topological polar surface area (TPSA) is 92.8 Å². The van der Waals surface area contributed by atoms with Crippen LogP contribution in [0.2, 0.25) is 0 Å². The van der Waals surface area contributed by atoms with Gasteiger partial charge in [-0.1, -0.05) is 18.2 Å². The lowest BCUT2D eigenvalue weighted by Crippen LogP contribution is -2.28. The number of sulfonamides is 1. The summed E-state index contributed by atoms with van der Waals surface area (Å²) < 4.78 is 31.5. The number of carbonyl (C=O) groups is 2. The van der Waals surface area contributed by atoms with Crippen LogP contribution in [0.15, 0.2) is 53.4 Å². The number of benzene rings is 2. The van der Waals surface area contributed by atoms with Crippen LogP contribution in [0.5, 0.6) is 5.75 Å². The van der Waals surface area contributed by atoms with Gasteiger partial charge in [-0.2, -0.15) is 4.31 Å². The smallest absolute Gasteiger partial charge is 0.308 e. The maximum absolute atomic E-state index is 12.5. The monoisotopic (exact) mass is 402 g/mol. The van der Waals surface area contributed by atoms with Crippen molar-refractivity contribution in [1.82, 2.24) is 9.62 Å². The van der Waals surface area contributed by atoms with Crippen molar-refractivity contribution >= 4 is 21.9 Å². The highest BCUT2D eigenvalue weighted by molar-refractivity contribution is 7.89.